The van der Waals surface area contributed by atoms with Crippen LogP contribution in [0.25, 0.3) is 0 Å². The highest BCUT2D eigenvalue weighted by atomic mass is 19.1. The smallest absolute Gasteiger partial charge is 0.243 e. The highest BCUT2D eigenvalue weighted by Crippen LogP contribution is 2.36. The number of alkyl halides is 2. The van der Waals surface area contributed by atoms with E-state index in [2.05, 4.69) is 31.8 Å². The summed E-state index contributed by atoms with van der Waals surface area (Å²) in [6.45, 7) is 4.35. The highest BCUT2D eigenvalue weighted by Gasteiger charge is 2.49. The fourth-order valence-electron chi connectivity index (χ4n) is 8.26. The second-order valence-corrected chi connectivity index (χ2v) is 14.0. The Labute approximate surface area is 266 Å². The van der Waals surface area contributed by atoms with E-state index >= 15 is 4.39 Å². The van der Waals surface area contributed by atoms with Crippen molar-refractivity contribution >= 4 is 11.8 Å². The van der Waals surface area contributed by atoms with Gasteiger partial charge in [0.05, 0.1) is 36.4 Å². The minimum Gasteiger partial charge on any atom is -0.350 e. The van der Waals surface area contributed by atoms with Gasteiger partial charge in [-0.25, -0.2) is 8.78 Å². The van der Waals surface area contributed by atoms with Crippen molar-refractivity contribution in [2.24, 2.45) is 22.8 Å². The topological polar surface area (TPSA) is 159 Å². The first-order chi connectivity index (χ1) is 21.6. The van der Waals surface area contributed by atoms with Crippen LogP contribution in [0.1, 0.15) is 51.4 Å². The molecule has 1 saturated carbocycles. The van der Waals surface area contributed by atoms with Crippen LogP contribution in [0.2, 0.25) is 0 Å². The summed E-state index contributed by atoms with van der Waals surface area (Å²) >= 11 is 0. The number of nitrogens with zero attached hydrogens (tertiary/aromatic N) is 5. The number of halogens is 2. The lowest BCUT2D eigenvalue weighted by atomic mass is 9.77. The zero-order chi connectivity index (χ0) is 32.1. The SMILES string of the molecule is CN1CCN(C(=O)C2(C#N)CCN(C3C(F)CNCC3NC(=O)C(C(N)N)C3NCC(F)CN3C3CCCCCC3)CC2)CC1. The maximum atomic E-state index is 15.7. The van der Waals surface area contributed by atoms with Gasteiger partial charge in [0.15, 0.2) is 0 Å². The van der Waals surface area contributed by atoms with Gasteiger partial charge >= 0.3 is 0 Å². The number of likely N-dealkylation sites (N-methyl/N-ethyl adjacent to an activating group) is 1. The number of rotatable bonds is 7. The van der Waals surface area contributed by atoms with Gasteiger partial charge in [-0.3, -0.25) is 24.7 Å². The van der Waals surface area contributed by atoms with E-state index < -0.39 is 48.1 Å². The van der Waals surface area contributed by atoms with Crippen LogP contribution in [0, 0.1) is 22.7 Å². The molecule has 7 N–H and O–H groups in total. The average molecular weight is 637 g/mol. The van der Waals surface area contributed by atoms with Crippen molar-refractivity contribution in [1.29, 1.82) is 5.26 Å². The summed E-state index contributed by atoms with van der Waals surface area (Å²) in [7, 11) is 2.02. The molecule has 1 aliphatic carbocycles. The summed E-state index contributed by atoms with van der Waals surface area (Å²) in [5, 5.41) is 19.6. The van der Waals surface area contributed by atoms with Gasteiger partial charge in [0.1, 0.15) is 17.8 Å². The quantitative estimate of drug-likeness (QED) is 0.179. The van der Waals surface area contributed by atoms with Gasteiger partial charge in [-0.1, -0.05) is 25.7 Å². The first-order valence-electron chi connectivity index (χ1n) is 17.1. The monoisotopic (exact) mass is 636 g/mol. The number of carbonyl (C=O) groups is 2. The van der Waals surface area contributed by atoms with Crippen LogP contribution in [0.5, 0.6) is 0 Å². The van der Waals surface area contributed by atoms with Crippen LogP contribution in [0.15, 0.2) is 0 Å². The Morgan fingerprint density at radius 1 is 0.978 bits per heavy atom. The molecule has 254 valence electrons. The standard InChI is InChI=1S/C31H54F2N10O2/c1-40-12-14-42(15-13-40)30(45)31(20-34)8-10-41(11-9-31)26-23(33)17-37-18-24(26)39-29(44)25(27(35)36)28-38-16-21(32)19-43(28)22-6-4-2-3-5-7-22/h21-28,37-38H,2-19,35-36H2,1H3,(H,39,44). The van der Waals surface area contributed by atoms with Crippen molar-refractivity contribution in [2.75, 3.05) is 72.5 Å². The maximum absolute atomic E-state index is 15.7. The molecule has 0 spiro atoms. The molecule has 5 aliphatic rings. The molecule has 0 bridgehead atoms. The molecule has 0 aromatic carbocycles. The van der Waals surface area contributed by atoms with Gasteiger partial charge in [-0.05, 0) is 32.7 Å². The minimum atomic E-state index is -1.26. The Kier molecular flexibility index (Phi) is 11.7. The van der Waals surface area contributed by atoms with Crippen molar-refractivity contribution in [2.45, 2.75) is 94.2 Å². The summed E-state index contributed by atoms with van der Waals surface area (Å²) in [4.78, 5) is 35.5. The highest BCUT2D eigenvalue weighted by molar-refractivity contribution is 5.86. The number of amides is 2. The van der Waals surface area contributed by atoms with Crippen LogP contribution in [0.4, 0.5) is 8.78 Å². The van der Waals surface area contributed by atoms with Crippen LogP contribution in [-0.2, 0) is 9.59 Å². The van der Waals surface area contributed by atoms with E-state index in [4.69, 9.17) is 11.5 Å². The van der Waals surface area contributed by atoms with E-state index in [1.54, 1.807) is 4.90 Å². The number of piperazine rings is 1. The number of nitriles is 1. The number of carbonyl (C=O) groups excluding carboxylic acids is 2. The molecule has 2 amide bonds. The predicted molar refractivity (Wildman–Crippen MR) is 167 cm³/mol. The summed E-state index contributed by atoms with van der Waals surface area (Å²) in [6, 6.07) is 1.26. The van der Waals surface area contributed by atoms with E-state index in [1.165, 1.54) is 0 Å². The van der Waals surface area contributed by atoms with E-state index in [9.17, 15) is 19.2 Å². The molecule has 4 aliphatic heterocycles. The maximum Gasteiger partial charge on any atom is 0.243 e. The first kappa shape index (κ1) is 34.3. The Hall–Kier alpha value is -1.99. The summed E-state index contributed by atoms with van der Waals surface area (Å²) < 4.78 is 30.4. The van der Waals surface area contributed by atoms with Gasteiger partial charge in [-0.15, -0.1) is 0 Å². The molecule has 0 aromatic rings. The van der Waals surface area contributed by atoms with Crippen molar-refractivity contribution in [3.05, 3.63) is 0 Å². The minimum absolute atomic E-state index is 0.117. The van der Waals surface area contributed by atoms with Gasteiger partial charge < -0.3 is 31.9 Å². The average Bonchev–Trinajstić information content (AvgIpc) is 3.32. The molecule has 6 atom stereocenters. The zero-order valence-corrected chi connectivity index (χ0v) is 26.8. The lowest BCUT2D eigenvalue weighted by Gasteiger charge is -2.48. The third-order valence-corrected chi connectivity index (χ3v) is 11.0. The Bertz CT molecular complexity index is 1040. The van der Waals surface area contributed by atoms with Gasteiger partial charge in [0, 0.05) is 71.5 Å². The van der Waals surface area contributed by atoms with Crippen molar-refractivity contribution < 1.29 is 18.4 Å². The fourth-order valence-corrected chi connectivity index (χ4v) is 8.26. The largest absolute Gasteiger partial charge is 0.350 e. The van der Waals surface area contributed by atoms with Gasteiger partial charge in [-0.2, -0.15) is 5.26 Å². The summed E-state index contributed by atoms with van der Waals surface area (Å²) in [5.74, 6) is -1.37. The van der Waals surface area contributed by atoms with Crippen molar-refractivity contribution in [1.82, 2.24) is 35.6 Å². The summed E-state index contributed by atoms with van der Waals surface area (Å²) in [5.41, 5.74) is 11.4. The molecule has 6 unspecified atom stereocenters. The number of nitrogens with one attached hydrogen (secondary N) is 3. The third-order valence-electron chi connectivity index (χ3n) is 11.0. The Morgan fingerprint density at radius 3 is 2.27 bits per heavy atom. The first-order valence-corrected chi connectivity index (χ1v) is 17.1. The second kappa shape index (κ2) is 15.3. The normalized spacial score (nSPS) is 33.7. The molecular formula is C31H54F2N10O2. The molecule has 4 saturated heterocycles. The van der Waals surface area contributed by atoms with E-state index in [0.29, 0.717) is 45.6 Å². The molecule has 4 heterocycles. The van der Waals surface area contributed by atoms with E-state index in [1.807, 2.05) is 11.9 Å². The molecule has 14 heteroatoms. The number of piperidine rings is 2. The molecule has 5 rings (SSSR count). The van der Waals surface area contributed by atoms with Crippen LogP contribution in [-0.4, -0.2) is 147 Å². The Balaban J connectivity index is 1.27. The molecule has 5 fully saturated rings. The lowest BCUT2D eigenvalue weighted by Crippen LogP contribution is -2.71. The number of hydrogen-bond acceptors (Lipinski definition) is 10. The molecular weight excluding hydrogens is 582 g/mol. The third kappa shape index (κ3) is 7.77. The van der Waals surface area contributed by atoms with E-state index in [0.717, 1.165) is 51.6 Å². The number of nitrogens with two attached hydrogens (primary N) is 2. The second-order valence-electron chi connectivity index (χ2n) is 14.0. The predicted octanol–water partition coefficient (Wildman–Crippen LogP) is -0.687. The van der Waals surface area contributed by atoms with Crippen LogP contribution in [0.3, 0.4) is 0 Å². The zero-order valence-electron chi connectivity index (χ0n) is 26.8. The molecule has 0 radical (unpaired) electrons. The number of hydrogen-bond donors (Lipinski definition) is 5. The van der Waals surface area contributed by atoms with Crippen LogP contribution >= 0.6 is 0 Å². The fraction of sp³-hybridized carbons (Fsp3) is 0.903. The number of likely N-dealkylation sites (tertiary alicyclic amines) is 1. The molecule has 0 aromatic heterocycles. The van der Waals surface area contributed by atoms with Gasteiger partial charge in [0.25, 0.3) is 0 Å². The van der Waals surface area contributed by atoms with Gasteiger partial charge in [0.2, 0.25) is 11.8 Å². The van der Waals surface area contributed by atoms with Crippen LogP contribution < -0.4 is 27.4 Å². The molecule has 45 heavy (non-hydrogen) atoms. The Morgan fingerprint density at radius 2 is 1.64 bits per heavy atom. The summed E-state index contributed by atoms with van der Waals surface area (Å²) in [6.07, 6.45) is 3.09. The van der Waals surface area contributed by atoms with Crippen molar-refractivity contribution in [3.63, 3.8) is 0 Å². The molecule has 12 nitrogen and oxygen atoms in total. The van der Waals surface area contributed by atoms with E-state index in [-0.39, 0.29) is 37.5 Å². The van der Waals surface area contributed by atoms with Crippen molar-refractivity contribution in [3.8, 4) is 6.07 Å². The lowest BCUT2D eigenvalue weighted by molar-refractivity contribution is -0.143.